The van der Waals surface area contributed by atoms with Crippen LogP contribution in [0.4, 0.5) is 0 Å². The third kappa shape index (κ3) is 2.99. The number of rotatable bonds is 4. The Morgan fingerprint density at radius 2 is 2.58 bits per heavy atom. The van der Waals surface area contributed by atoms with E-state index in [0.29, 0.717) is 6.42 Å². The molecule has 0 saturated carbocycles. The molecule has 0 atom stereocenters. The Kier molecular flexibility index (Phi) is 3.71. The van der Waals surface area contributed by atoms with Crippen LogP contribution >= 0.6 is 11.3 Å². The van der Waals surface area contributed by atoms with Gasteiger partial charge in [0.15, 0.2) is 0 Å². The summed E-state index contributed by atoms with van der Waals surface area (Å²) >= 11 is 1.65. The van der Waals surface area contributed by atoms with Gasteiger partial charge in [0.1, 0.15) is 5.01 Å². The number of hydrogen-bond donors (Lipinski definition) is 0. The molecule has 3 nitrogen and oxygen atoms in total. The predicted molar refractivity (Wildman–Crippen MR) is 48.7 cm³/mol. The van der Waals surface area contributed by atoms with Crippen LogP contribution < -0.4 is 0 Å². The summed E-state index contributed by atoms with van der Waals surface area (Å²) in [4.78, 5) is 6.26. The summed E-state index contributed by atoms with van der Waals surface area (Å²) in [6.45, 7) is 1.66. The molecule has 0 bridgehead atoms. The van der Waals surface area contributed by atoms with E-state index >= 15 is 0 Å². The van der Waals surface area contributed by atoms with Crippen LogP contribution in [0.25, 0.3) is 0 Å². The molecular formula is C8H11N3S. The minimum Gasteiger partial charge on any atom is -0.299 e. The Labute approximate surface area is 76.3 Å². The number of aromatic nitrogens is 1. The molecule has 0 aliphatic carbocycles. The zero-order chi connectivity index (χ0) is 8.81. The van der Waals surface area contributed by atoms with Gasteiger partial charge in [0.05, 0.1) is 12.6 Å². The monoisotopic (exact) mass is 181 g/mol. The molecule has 0 unspecified atom stereocenters. The standard InChI is InChI=1S/C8H11N3S/c1-11(5-2-3-9)7-8-10-4-6-12-8/h4,6H,2,5,7H2,1H3. The molecule has 0 spiro atoms. The third-order valence-electron chi connectivity index (χ3n) is 1.49. The second-order valence-electron chi connectivity index (χ2n) is 2.57. The van der Waals surface area contributed by atoms with Gasteiger partial charge in [-0.2, -0.15) is 5.26 Å². The normalized spacial score (nSPS) is 10.1. The van der Waals surface area contributed by atoms with Gasteiger partial charge in [-0.05, 0) is 7.05 Å². The highest BCUT2D eigenvalue weighted by atomic mass is 32.1. The largest absolute Gasteiger partial charge is 0.299 e. The molecule has 4 heteroatoms. The van der Waals surface area contributed by atoms with Crippen molar-refractivity contribution < 1.29 is 0 Å². The maximum absolute atomic E-state index is 8.35. The summed E-state index contributed by atoms with van der Waals surface area (Å²) in [5, 5.41) is 11.4. The summed E-state index contributed by atoms with van der Waals surface area (Å²) in [7, 11) is 2.00. The van der Waals surface area contributed by atoms with Crippen LogP contribution in [0.1, 0.15) is 11.4 Å². The maximum Gasteiger partial charge on any atom is 0.107 e. The average Bonchev–Trinajstić information content (AvgIpc) is 2.53. The molecule has 1 aromatic rings. The van der Waals surface area contributed by atoms with E-state index in [1.165, 1.54) is 0 Å². The van der Waals surface area contributed by atoms with Crippen molar-refractivity contribution in [3.63, 3.8) is 0 Å². The molecule has 0 aliphatic rings. The Balaban J connectivity index is 2.28. The first-order valence-electron chi connectivity index (χ1n) is 3.77. The molecule has 0 amide bonds. The lowest BCUT2D eigenvalue weighted by Crippen LogP contribution is -2.18. The van der Waals surface area contributed by atoms with Crippen molar-refractivity contribution in [2.45, 2.75) is 13.0 Å². The van der Waals surface area contributed by atoms with E-state index in [0.717, 1.165) is 18.1 Å². The quantitative estimate of drug-likeness (QED) is 0.706. The van der Waals surface area contributed by atoms with Gasteiger partial charge in [-0.1, -0.05) is 0 Å². The highest BCUT2D eigenvalue weighted by Crippen LogP contribution is 2.06. The van der Waals surface area contributed by atoms with Crippen LogP contribution in [0, 0.1) is 11.3 Å². The van der Waals surface area contributed by atoms with Crippen LogP contribution in [0.2, 0.25) is 0 Å². The van der Waals surface area contributed by atoms with Crippen molar-refractivity contribution in [3.8, 4) is 6.07 Å². The molecule has 0 radical (unpaired) electrons. The van der Waals surface area contributed by atoms with Gasteiger partial charge in [0.25, 0.3) is 0 Å². The Hall–Kier alpha value is -0.920. The lowest BCUT2D eigenvalue weighted by molar-refractivity contribution is 0.334. The topological polar surface area (TPSA) is 39.9 Å². The van der Waals surface area contributed by atoms with Crippen LogP contribution in [-0.2, 0) is 6.54 Å². The summed E-state index contributed by atoms with van der Waals surface area (Å²) in [5.41, 5.74) is 0. The van der Waals surface area contributed by atoms with Crippen molar-refractivity contribution >= 4 is 11.3 Å². The number of thiazole rings is 1. The molecule has 1 heterocycles. The SMILES string of the molecule is CN(CCC#N)Cc1nccs1. The fraction of sp³-hybridized carbons (Fsp3) is 0.500. The fourth-order valence-corrected chi connectivity index (χ4v) is 1.58. The fourth-order valence-electron chi connectivity index (χ4n) is 0.882. The Morgan fingerprint density at radius 3 is 3.17 bits per heavy atom. The summed E-state index contributed by atoms with van der Waals surface area (Å²) in [6.07, 6.45) is 2.39. The van der Waals surface area contributed by atoms with Crippen molar-refractivity contribution in [1.29, 1.82) is 5.26 Å². The van der Waals surface area contributed by atoms with Crippen LogP contribution in [0.3, 0.4) is 0 Å². The molecule has 64 valence electrons. The van der Waals surface area contributed by atoms with E-state index in [9.17, 15) is 0 Å². The van der Waals surface area contributed by atoms with Crippen molar-refractivity contribution in [2.75, 3.05) is 13.6 Å². The van der Waals surface area contributed by atoms with Crippen molar-refractivity contribution in [3.05, 3.63) is 16.6 Å². The summed E-state index contributed by atoms with van der Waals surface area (Å²) < 4.78 is 0. The second-order valence-corrected chi connectivity index (χ2v) is 3.55. The van der Waals surface area contributed by atoms with Gasteiger partial charge in [0.2, 0.25) is 0 Å². The first-order chi connectivity index (χ1) is 5.83. The van der Waals surface area contributed by atoms with Crippen molar-refractivity contribution in [2.24, 2.45) is 0 Å². The zero-order valence-electron chi connectivity index (χ0n) is 7.03. The molecule has 0 N–H and O–H groups in total. The number of nitriles is 1. The van der Waals surface area contributed by atoms with Gasteiger partial charge in [-0.25, -0.2) is 4.98 Å². The highest BCUT2D eigenvalue weighted by Gasteiger charge is 2.00. The highest BCUT2D eigenvalue weighted by molar-refractivity contribution is 7.09. The van der Waals surface area contributed by atoms with E-state index < -0.39 is 0 Å². The van der Waals surface area contributed by atoms with E-state index in [-0.39, 0.29) is 0 Å². The van der Waals surface area contributed by atoms with Gasteiger partial charge in [-0.15, -0.1) is 11.3 Å². The molecule has 0 aliphatic heterocycles. The van der Waals surface area contributed by atoms with Crippen LogP contribution in [-0.4, -0.2) is 23.5 Å². The van der Waals surface area contributed by atoms with Gasteiger partial charge >= 0.3 is 0 Å². The third-order valence-corrected chi connectivity index (χ3v) is 2.26. The predicted octanol–water partition coefficient (Wildman–Crippen LogP) is 1.49. The molecule has 1 aromatic heterocycles. The van der Waals surface area contributed by atoms with E-state index in [4.69, 9.17) is 5.26 Å². The summed E-state index contributed by atoms with van der Waals surface area (Å²) in [6, 6.07) is 2.12. The van der Waals surface area contributed by atoms with Crippen LogP contribution in [0.5, 0.6) is 0 Å². The Bertz CT molecular complexity index is 250. The number of nitrogens with zero attached hydrogens (tertiary/aromatic N) is 3. The number of hydrogen-bond acceptors (Lipinski definition) is 4. The molecular weight excluding hydrogens is 170 g/mol. The molecule has 12 heavy (non-hydrogen) atoms. The van der Waals surface area contributed by atoms with Crippen molar-refractivity contribution in [1.82, 2.24) is 9.88 Å². The molecule has 0 saturated heterocycles. The molecule has 1 rings (SSSR count). The zero-order valence-corrected chi connectivity index (χ0v) is 7.84. The lowest BCUT2D eigenvalue weighted by Gasteiger charge is -2.11. The summed E-state index contributed by atoms with van der Waals surface area (Å²) in [5.74, 6) is 0. The minimum absolute atomic E-state index is 0.585. The maximum atomic E-state index is 8.35. The molecule has 0 fully saturated rings. The van der Waals surface area contributed by atoms with Gasteiger partial charge < -0.3 is 0 Å². The van der Waals surface area contributed by atoms with Crippen LogP contribution in [0.15, 0.2) is 11.6 Å². The lowest BCUT2D eigenvalue weighted by atomic mass is 10.4. The average molecular weight is 181 g/mol. The first-order valence-corrected chi connectivity index (χ1v) is 4.65. The smallest absolute Gasteiger partial charge is 0.107 e. The van der Waals surface area contributed by atoms with E-state index in [2.05, 4.69) is 16.0 Å². The minimum atomic E-state index is 0.585. The van der Waals surface area contributed by atoms with E-state index in [1.54, 1.807) is 17.5 Å². The van der Waals surface area contributed by atoms with Gasteiger partial charge in [-0.3, -0.25) is 4.90 Å². The van der Waals surface area contributed by atoms with Gasteiger partial charge in [0, 0.05) is 24.5 Å². The Morgan fingerprint density at radius 1 is 1.75 bits per heavy atom. The second kappa shape index (κ2) is 4.86. The van der Waals surface area contributed by atoms with E-state index in [1.807, 2.05) is 12.4 Å². The molecule has 0 aromatic carbocycles. The first kappa shape index (κ1) is 9.17.